The number of fused-ring (bicyclic) bond motifs is 3. The lowest BCUT2D eigenvalue weighted by molar-refractivity contribution is 0.102. The molecule has 0 aliphatic heterocycles. The van der Waals surface area contributed by atoms with Crippen LogP contribution in [0.2, 0.25) is 0 Å². The van der Waals surface area contributed by atoms with Crippen LogP contribution in [0.5, 0.6) is 0 Å². The van der Waals surface area contributed by atoms with Crippen molar-refractivity contribution in [3.8, 4) is 11.3 Å². The second-order valence-electron chi connectivity index (χ2n) is 9.65. The molecule has 39 heavy (non-hydrogen) atoms. The van der Waals surface area contributed by atoms with Gasteiger partial charge in [-0.3, -0.25) is 4.79 Å². The van der Waals surface area contributed by atoms with Gasteiger partial charge in [0.1, 0.15) is 0 Å². The fourth-order valence-corrected chi connectivity index (χ4v) is 5.10. The summed E-state index contributed by atoms with van der Waals surface area (Å²) >= 11 is 0. The lowest BCUT2D eigenvalue weighted by atomic mass is 9.78. The van der Waals surface area contributed by atoms with Gasteiger partial charge in [0.15, 0.2) is 0 Å². The highest BCUT2D eigenvalue weighted by atomic mass is 16.3. The summed E-state index contributed by atoms with van der Waals surface area (Å²) in [4.78, 5) is 22.1. The molecular weight excluding hydrogens is 484 g/mol. The molecule has 0 radical (unpaired) electrons. The van der Waals surface area contributed by atoms with Gasteiger partial charge >= 0.3 is 0 Å². The number of carbonyl (C=O) groups is 1. The first-order valence-electron chi connectivity index (χ1n) is 13.1. The molecule has 0 spiro atoms. The first-order chi connectivity index (χ1) is 19.2. The van der Waals surface area contributed by atoms with Crippen LogP contribution in [0, 0.1) is 0 Å². The van der Waals surface area contributed by atoms with Crippen LogP contribution in [0.3, 0.4) is 0 Å². The number of aliphatic hydroxyl groups is 1. The van der Waals surface area contributed by atoms with Crippen molar-refractivity contribution < 1.29 is 9.90 Å². The van der Waals surface area contributed by atoms with E-state index < -0.39 is 0 Å². The summed E-state index contributed by atoms with van der Waals surface area (Å²) in [6.45, 7) is 0.135. The Morgan fingerprint density at radius 2 is 1.56 bits per heavy atom. The highest BCUT2D eigenvalue weighted by Gasteiger charge is 2.27. The molecule has 5 aromatic rings. The van der Waals surface area contributed by atoms with Gasteiger partial charge in [-0.25, -0.2) is 9.97 Å². The van der Waals surface area contributed by atoms with Gasteiger partial charge in [0, 0.05) is 41.2 Å². The Balaban J connectivity index is 1.23. The average Bonchev–Trinajstić information content (AvgIpc) is 2.99. The van der Waals surface area contributed by atoms with Crippen molar-refractivity contribution in [3.63, 3.8) is 0 Å². The maximum absolute atomic E-state index is 12.5. The van der Waals surface area contributed by atoms with Gasteiger partial charge in [0.2, 0.25) is 5.95 Å². The molecule has 0 saturated carbocycles. The van der Waals surface area contributed by atoms with E-state index in [1.54, 1.807) is 12.1 Å². The number of nitrogens with one attached hydrogen (secondary N) is 2. The van der Waals surface area contributed by atoms with Crippen LogP contribution in [0.1, 0.15) is 38.5 Å². The number of hydrogen-bond donors (Lipinski definition) is 3. The molecule has 1 aromatic heterocycles. The van der Waals surface area contributed by atoms with Crippen molar-refractivity contribution in [1.82, 2.24) is 9.97 Å². The van der Waals surface area contributed by atoms with Crippen molar-refractivity contribution in [2.75, 3.05) is 17.2 Å². The van der Waals surface area contributed by atoms with Gasteiger partial charge in [-0.15, -0.1) is 0 Å². The number of nitrogens with zero attached hydrogens (tertiary/aromatic N) is 2. The van der Waals surface area contributed by atoms with Crippen LogP contribution in [0.4, 0.5) is 17.3 Å². The molecule has 1 heterocycles. The zero-order valence-electron chi connectivity index (χ0n) is 21.3. The van der Waals surface area contributed by atoms with Gasteiger partial charge in [0.25, 0.3) is 5.91 Å². The van der Waals surface area contributed by atoms with Crippen LogP contribution in [-0.2, 0) is 12.8 Å². The molecule has 1 amide bonds. The number of hydrogen-bond acceptors (Lipinski definition) is 5. The number of aliphatic hydroxyl groups excluding tert-OH is 1. The average molecular weight is 513 g/mol. The summed E-state index contributed by atoms with van der Waals surface area (Å²) in [5.41, 5.74) is 8.94. The van der Waals surface area contributed by atoms with Crippen molar-refractivity contribution in [2.24, 2.45) is 0 Å². The smallest absolute Gasteiger partial charge is 0.255 e. The van der Waals surface area contributed by atoms with Crippen LogP contribution < -0.4 is 10.6 Å². The minimum absolute atomic E-state index is 0.122. The van der Waals surface area contributed by atoms with Crippen LogP contribution >= 0.6 is 0 Å². The Morgan fingerprint density at radius 1 is 0.846 bits per heavy atom. The van der Waals surface area contributed by atoms with Gasteiger partial charge < -0.3 is 15.7 Å². The SMILES string of the molecule is O=C(Nc1ccc(C2Cc3cnc(Nc4ccc(CCO)cc4)nc3-c3ccccc32)cc1)c1ccccc1. The highest BCUT2D eigenvalue weighted by molar-refractivity contribution is 6.04. The zero-order chi connectivity index (χ0) is 26.6. The number of anilines is 3. The van der Waals surface area contributed by atoms with E-state index in [9.17, 15) is 4.79 Å². The van der Waals surface area contributed by atoms with Crippen LogP contribution in [0.15, 0.2) is 109 Å². The van der Waals surface area contributed by atoms with Crippen molar-refractivity contribution in [2.45, 2.75) is 18.8 Å². The molecule has 6 rings (SSSR count). The molecule has 1 aliphatic rings. The third-order valence-electron chi connectivity index (χ3n) is 7.10. The van der Waals surface area contributed by atoms with Gasteiger partial charge in [-0.1, -0.05) is 66.7 Å². The molecule has 0 fully saturated rings. The Kier molecular flexibility index (Phi) is 6.85. The number of amides is 1. The first kappa shape index (κ1) is 24.5. The highest BCUT2D eigenvalue weighted by Crippen LogP contribution is 2.42. The predicted molar refractivity (Wildman–Crippen MR) is 154 cm³/mol. The van der Waals surface area contributed by atoms with Crippen LogP contribution in [0.25, 0.3) is 11.3 Å². The topological polar surface area (TPSA) is 87.1 Å². The largest absolute Gasteiger partial charge is 0.396 e. The fourth-order valence-electron chi connectivity index (χ4n) is 5.10. The normalized spacial score (nSPS) is 13.7. The summed E-state index contributed by atoms with van der Waals surface area (Å²) in [7, 11) is 0. The Hall–Kier alpha value is -4.81. The minimum atomic E-state index is -0.122. The van der Waals surface area contributed by atoms with Crippen molar-refractivity contribution in [1.29, 1.82) is 0 Å². The molecule has 1 atom stereocenters. The van der Waals surface area contributed by atoms with Crippen molar-refractivity contribution >= 4 is 23.2 Å². The van der Waals surface area contributed by atoms with E-state index in [4.69, 9.17) is 10.1 Å². The number of rotatable bonds is 7. The minimum Gasteiger partial charge on any atom is -0.396 e. The fraction of sp³-hybridized carbons (Fsp3) is 0.121. The van der Waals surface area contributed by atoms with E-state index in [1.165, 1.54) is 11.1 Å². The monoisotopic (exact) mass is 512 g/mol. The second kappa shape index (κ2) is 10.9. The Labute approximate surface area is 227 Å². The number of benzene rings is 4. The molecule has 3 N–H and O–H groups in total. The molecule has 4 aromatic carbocycles. The molecule has 6 heteroatoms. The van der Waals surface area contributed by atoms with E-state index in [0.29, 0.717) is 17.9 Å². The Morgan fingerprint density at radius 3 is 2.33 bits per heavy atom. The third kappa shape index (κ3) is 5.28. The third-order valence-corrected chi connectivity index (χ3v) is 7.10. The molecular formula is C33H28N4O2. The zero-order valence-corrected chi connectivity index (χ0v) is 21.3. The maximum Gasteiger partial charge on any atom is 0.255 e. The second-order valence-corrected chi connectivity index (χ2v) is 9.65. The summed E-state index contributed by atoms with van der Waals surface area (Å²) in [5, 5.41) is 15.4. The van der Waals surface area contributed by atoms with E-state index in [-0.39, 0.29) is 18.4 Å². The summed E-state index contributed by atoms with van der Waals surface area (Å²) in [6.07, 6.45) is 3.35. The maximum atomic E-state index is 12.5. The quantitative estimate of drug-likeness (QED) is 0.236. The lowest BCUT2D eigenvalue weighted by Crippen LogP contribution is -2.15. The lowest BCUT2D eigenvalue weighted by Gasteiger charge is -2.27. The molecule has 6 nitrogen and oxygen atoms in total. The molecule has 0 bridgehead atoms. The van der Waals surface area contributed by atoms with E-state index >= 15 is 0 Å². The predicted octanol–water partition coefficient (Wildman–Crippen LogP) is 6.36. The van der Waals surface area contributed by atoms with Crippen LogP contribution in [-0.4, -0.2) is 27.6 Å². The van der Waals surface area contributed by atoms with Crippen molar-refractivity contribution in [3.05, 3.63) is 137 Å². The molecule has 1 unspecified atom stereocenters. The molecule has 1 aliphatic carbocycles. The summed E-state index contributed by atoms with van der Waals surface area (Å²) in [6, 6.07) is 33.7. The standard InChI is InChI=1S/C33H28N4O2/c38-19-18-22-10-14-27(15-11-22)36-33-34-21-25-20-30(28-8-4-5-9-29(28)31(25)37-33)23-12-16-26(17-13-23)35-32(39)24-6-2-1-3-7-24/h1-17,21,30,38H,18-20H2,(H,35,39)(H,34,36,37). The first-order valence-corrected chi connectivity index (χ1v) is 13.1. The Bertz CT molecular complexity index is 1600. The van der Waals surface area contributed by atoms with E-state index in [2.05, 4.69) is 45.9 Å². The van der Waals surface area contributed by atoms with Gasteiger partial charge in [-0.2, -0.15) is 0 Å². The summed E-state index contributed by atoms with van der Waals surface area (Å²) < 4.78 is 0. The van der Waals surface area contributed by atoms with E-state index in [0.717, 1.165) is 40.2 Å². The summed E-state index contributed by atoms with van der Waals surface area (Å²) in [5.74, 6) is 0.590. The van der Waals surface area contributed by atoms with Gasteiger partial charge in [0.05, 0.1) is 5.69 Å². The van der Waals surface area contributed by atoms with E-state index in [1.807, 2.05) is 66.9 Å². The number of carbonyl (C=O) groups excluding carboxylic acids is 1. The molecule has 192 valence electrons. The number of aromatic nitrogens is 2. The van der Waals surface area contributed by atoms with Gasteiger partial charge in [-0.05, 0) is 71.5 Å². The molecule has 0 saturated heterocycles.